The third kappa shape index (κ3) is 5.22. The molecule has 1 aromatic heterocycles. The van der Waals surface area contributed by atoms with Crippen molar-refractivity contribution in [1.82, 2.24) is 15.3 Å². The van der Waals surface area contributed by atoms with Gasteiger partial charge in [0.05, 0.1) is 22.3 Å². The van der Waals surface area contributed by atoms with Gasteiger partial charge in [0.15, 0.2) is 0 Å². The molecular formula is C27H25N5O3. The Labute approximate surface area is 202 Å². The molecule has 3 amide bonds. The molecule has 1 aliphatic rings. The summed E-state index contributed by atoms with van der Waals surface area (Å²) in [5, 5.41) is 8.33. The van der Waals surface area contributed by atoms with E-state index in [1.54, 1.807) is 30.3 Å². The summed E-state index contributed by atoms with van der Waals surface area (Å²) in [6.45, 7) is 0. The van der Waals surface area contributed by atoms with Crippen molar-refractivity contribution in [3.05, 3.63) is 89.7 Å². The van der Waals surface area contributed by atoms with E-state index in [-0.39, 0.29) is 30.6 Å². The van der Waals surface area contributed by atoms with Crippen molar-refractivity contribution >= 4 is 40.1 Å². The maximum Gasteiger partial charge on any atom is 0.254 e. The number of carbonyl (C=O) groups excluding carboxylic acids is 3. The van der Waals surface area contributed by atoms with Crippen molar-refractivity contribution in [3.8, 4) is 0 Å². The van der Waals surface area contributed by atoms with Crippen LogP contribution in [0.15, 0.2) is 72.8 Å². The van der Waals surface area contributed by atoms with Gasteiger partial charge in [-0.3, -0.25) is 14.4 Å². The summed E-state index contributed by atoms with van der Waals surface area (Å²) < 4.78 is 0. The quantitative estimate of drug-likeness (QED) is 0.331. The van der Waals surface area contributed by atoms with E-state index in [9.17, 15) is 14.4 Å². The number of fused-ring (bicyclic) bond motifs is 2. The van der Waals surface area contributed by atoms with Crippen molar-refractivity contribution in [2.45, 2.75) is 31.7 Å². The van der Waals surface area contributed by atoms with Gasteiger partial charge in [0, 0.05) is 18.5 Å². The first-order valence-electron chi connectivity index (χ1n) is 11.6. The molecule has 0 aliphatic carbocycles. The van der Waals surface area contributed by atoms with Crippen LogP contribution in [0.25, 0.3) is 11.0 Å². The van der Waals surface area contributed by atoms with Crippen LogP contribution in [0.5, 0.6) is 0 Å². The highest BCUT2D eigenvalue weighted by atomic mass is 16.2. The van der Waals surface area contributed by atoms with Crippen LogP contribution < -0.4 is 16.0 Å². The van der Waals surface area contributed by atoms with Gasteiger partial charge in [0.1, 0.15) is 11.9 Å². The lowest BCUT2D eigenvalue weighted by Gasteiger charge is -2.14. The Morgan fingerprint density at radius 1 is 0.943 bits per heavy atom. The molecule has 0 saturated heterocycles. The van der Waals surface area contributed by atoms with Crippen molar-refractivity contribution in [2.75, 3.05) is 10.6 Å². The number of hydrogen-bond donors (Lipinski definition) is 4. The lowest BCUT2D eigenvalue weighted by atomic mass is 10.1. The molecular weight excluding hydrogens is 442 g/mol. The standard InChI is InChI=1S/C27H25N5O3/c33-25(15-13-22-27(35)31-20-9-5-4-8-19(20)26(34)32-22)28-18-11-12-21-23(16-18)30-24(29-21)14-10-17-6-2-1-3-7-17/h1-9,11-12,16,22H,10,13-15H2,(H,28,33)(H,29,30)(H,31,35)(H,32,34)/t22-/m1/s1. The molecule has 8 heteroatoms. The Morgan fingerprint density at radius 3 is 2.60 bits per heavy atom. The number of aromatic amines is 1. The predicted octanol–water partition coefficient (Wildman–Crippen LogP) is 3.82. The molecule has 5 rings (SSSR count). The molecule has 0 radical (unpaired) electrons. The molecule has 35 heavy (non-hydrogen) atoms. The number of benzene rings is 3. The highest BCUT2D eigenvalue weighted by molar-refractivity contribution is 6.10. The number of imidazole rings is 1. The van der Waals surface area contributed by atoms with Gasteiger partial charge < -0.3 is 20.9 Å². The molecule has 0 fully saturated rings. The zero-order valence-corrected chi connectivity index (χ0v) is 19.0. The second-order valence-electron chi connectivity index (χ2n) is 8.55. The van der Waals surface area contributed by atoms with E-state index in [1.807, 2.05) is 30.3 Å². The predicted molar refractivity (Wildman–Crippen MR) is 134 cm³/mol. The number of para-hydroxylation sites is 1. The van der Waals surface area contributed by atoms with Crippen LogP contribution in [0.4, 0.5) is 11.4 Å². The van der Waals surface area contributed by atoms with Gasteiger partial charge in [-0.2, -0.15) is 0 Å². The van der Waals surface area contributed by atoms with Gasteiger partial charge >= 0.3 is 0 Å². The average Bonchev–Trinajstić information content (AvgIpc) is 3.23. The minimum atomic E-state index is -0.789. The first kappa shape index (κ1) is 22.3. The summed E-state index contributed by atoms with van der Waals surface area (Å²) in [7, 11) is 0. The Kier molecular flexibility index (Phi) is 6.26. The normalized spacial score (nSPS) is 15.1. The van der Waals surface area contributed by atoms with Crippen LogP contribution in [0.3, 0.4) is 0 Å². The van der Waals surface area contributed by atoms with Crippen LogP contribution in [0.2, 0.25) is 0 Å². The van der Waals surface area contributed by atoms with Crippen LogP contribution in [-0.2, 0) is 22.4 Å². The van der Waals surface area contributed by atoms with Crippen molar-refractivity contribution < 1.29 is 14.4 Å². The molecule has 2 heterocycles. The number of nitrogens with zero attached hydrogens (tertiary/aromatic N) is 1. The summed E-state index contributed by atoms with van der Waals surface area (Å²) in [5.74, 6) is -0.0180. The number of anilines is 2. The van der Waals surface area contributed by atoms with E-state index >= 15 is 0 Å². The van der Waals surface area contributed by atoms with E-state index in [0.29, 0.717) is 16.9 Å². The highest BCUT2D eigenvalue weighted by Crippen LogP contribution is 2.21. The van der Waals surface area contributed by atoms with Crippen LogP contribution in [-0.4, -0.2) is 33.7 Å². The fourth-order valence-electron chi connectivity index (χ4n) is 4.18. The summed E-state index contributed by atoms with van der Waals surface area (Å²) in [5.41, 5.74) is 4.45. The Hall–Kier alpha value is -4.46. The number of H-pyrrole nitrogens is 1. The number of carbonyl (C=O) groups is 3. The molecule has 4 aromatic rings. The van der Waals surface area contributed by atoms with E-state index in [0.717, 1.165) is 29.7 Å². The Balaban J connectivity index is 1.17. The lowest BCUT2D eigenvalue weighted by Crippen LogP contribution is -2.41. The smallest absolute Gasteiger partial charge is 0.254 e. The van der Waals surface area contributed by atoms with Crippen molar-refractivity contribution in [2.24, 2.45) is 0 Å². The SMILES string of the molecule is O=C(CC[C@H]1NC(=O)c2ccccc2NC1=O)Nc1ccc2nc(CCc3ccccc3)[nH]c2c1. The molecule has 3 aromatic carbocycles. The number of nitrogens with one attached hydrogen (secondary N) is 4. The fraction of sp³-hybridized carbons (Fsp3) is 0.185. The number of aryl methyl sites for hydroxylation is 2. The fourth-order valence-corrected chi connectivity index (χ4v) is 4.18. The van der Waals surface area contributed by atoms with Crippen molar-refractivity contribution in [1.29, 1.82) is 0 Å². The molecule has 0 unspecified atom stereocenters. The molecule has 0 spiro atoms. The first-order chi connectivity index (χ1) is 17.0. The maximum atomic E-state index is 12.6. The Bertz CT molecular complexity index is 1400. The second-order valence-corrected chi connectivity index (χ2v) is 8.55. The van der Waals surface area contributed by atoms with Gasteiger partial charge in [-0.25, -0.2) is 4.98 Å². The third-order valence-corrected chi connectivity index (χ3v) is 6.02. The highest BCUT2D eigenvalue weighted by Gasteiger charge is 2.27. The first-order valence-corrected chi connectivity index (χ1v) is 11.6. The largest absolute Gasteiger partial charge is 0.342 e. The third-order valence-electron chi connectivity index (χ3n) is 6.02. The van der Waals surface area contributed by atoms with Gasteiger partial charge in [0.2, 0.25) is 11.8 Å². The molecule has 1 aliphatic heterocycles. The molecule has 4 N–H and O–H groups in total. The summed E-state index contributed by atoms with van der Waals surface area (Å²) in [6, 6.07) is 21.8. The maximum absolute atomic E-state index is 12.6. The van der Waals surface area contributed by atoms with E-state index in [2.05, 4.69) is 38.1 Å². The molecule has 8 nitrogen and oxygen atoms in total. The van der Waals surface area contributed by atoms with Gasteiger partial charge in [0.25, 0.3) is 5.91 Å². The van der Waals surface area contributed by atoms with Crippen LogP contribution in [0, 0.1) is 0 Å². The minimum Gasteiger partial charge on any atom is -0.342 e. The Morgan fingerprint density at radius 2 is 1.74 bits per heavy atom. The second kappa shape index (κ2) is 9.80. The minimum absolute atomic E-state index is 0.0814. The molecule has 0 bridgehead atoms. The lowest BCUT2D eigenvalue weighted by molar-refractivity contribution is -0.118. The topological polar surface area (TPSA) is 116 Å². The summed E-state index contributed by atoms with van der Waals surface area (Å²) >= 11 is 0. The number of amides is 3. The van der Waals surface area contributed by atoms with Crippen LogP contribution >= 0.6 is 0 Å². The van der Waals surface area contributed by atoms with Crippen molar-refractivity contribution in [3.63, 3.8) is 0 Å². The molecule has 0 saturated carbocycles. The van der Waals surface area contributed by atoms with Gasteiger partial charge in [-0.15, -0.1) is 0 Å². The summed E-state index contributed by atoms with van der Waals surface area (Å²) in [4.78, 5) is 45.5. The van der Waals surface area contributed by atoms with Gasteiger partial charge in [-0.05, 0) is 48.7 Å². The number of hydrogen-bond acceptors (Lipinski definition) is 4. The number of aromatic nitrogens is 2. The zero-order chi connectivity index (χ0) is 24.2. The van der Waals surface area contributed by atoms with Gasteiger partial charge in [-0.1, -0.05) is 42.5 Å². The molecule has 1 atom stereocenters. The van der Waals surface area contributed by atoms with Crippen LogP contribution in [0.1, 0.15) is 34.6 Å². The summed E-state index contributed by atoms with van der Waals surface area (Å²) in [6.07, 6.45) is 1.95. The zero-order valence-electron chi connectivity index (χ0n) is 19.0. The van der Waals surface area contributed by atoms with E-state index in [4.69, 9.17) is 0 Å². The number of rotatable bonds is 7. The van der Waals surface area contributed by atoms with E-state index < -0.39 is 6.04 Å². The molecule has 176 valence electrons. The monoisotopic (exact) mass is 467 g/mol. The van der Waals surface area contributed by atoms with E-state index in [1.165, 1.54) is 5.56 Å². The average molecular weight is 468 g/mol.